The molecule has 4 nitrogen and oxygen atoms in total. The van der Waals surface area contributed by atoms with Crippen molar-refractivity contribution in [2.24, 2.45) is 0 Å². The molecule has 0 aromatic heterocycles. The Morgan fingerprint density at radius 2 is 1.67 bits per heavy atom. The van der Waals surface area contributed by atoms with Crippen molar-refractivity contribution >= 4 is 0 Å². The molecular formula is C17H20O4. The number of benzene rings is 2. The van der Waals surface area contributed by atoms with Crippen LogP contribution in [0.1, 0.15) is 11.1 Å². The Morgan fingerprint density at radius 1 is 0.857 bits per heavy atom. The minimum atomic E-state index is 0.414. The second-order valence-electron chi connectivity index (χ2n) is 4.52. The average Bonchev–Trinajstić information content (AvgIpc) is 2.53. The Bertz CT molecular complexity index is 581. The number of methoxy groups -OCH3 is 3. The Hall–Kier alpha value is -2.20. The molecule has 0 bridgehead atoms. The van der Waals surface area contributed by atoms with E-state index in [2.05, 4.69) is 0 Å². The summed E-state index contributed by atoms with van der Waals surface area (Å²) in [6, 6.07) is 13.6. The van der Waals surface area contributed by atoms with E-state index in [1.165, 1.54) is 0 Å². The van der Waals surface area contributed by atoms with Crippen molar-refractivity contribution in [2.45, 2.75) is 13.2 Å². The minimum Gasteiger partial charge on any atom is -0.493 e. The quantitative estimate of drug-likeness (QED) is 0.782. The molecule has 0 atom stereocenters. The van der Waals surface area contributed by atoms with Crippen LogP contribution in [0.4, 0.5) is 0 Å². The molecule has 0 N–H and O–H groups in total. The molecule has 0 saturated heterocycles. The van der Waals surface area contributed by atoms with Crippen molar-refractivity contribution in [1.82, 2.24) is 0 Å². The molecule has 0 fully saturated rings. The van der Waals surface area contributed by atoms with Crippen LogP contribution in [0.25, 0.3) is 0 Å². The molecule has 0 aliphatic heterocycles. The second-order valence-corrected chi connectivity index (χ2v) is 4.52. The predicted molar refractivity (Wildman–Crippen MR) is 81.0 cm³/mol. The SMILES string of the molecule is COCc1cccc(OCc2cccc(OC)c2OC)c1. The minimum absolute atomic E-state index is 0.414. The van der Waals surface area contributed by atoms with Gasteiger partial charge in [-0.2, -0.15) is 0 Å². The molecule has 4 heteroatoms. The number of hydrogen-bond donors (Lipinski definition) is 0. The highest BCUT2D eigenvalue weighted by Crippen LogP contribution is 2.31. The maximum absolute atomic E-state index is 5.83. The van der Waals surface area contributed by atoms with Crippen LogP contribution in [0.5, 0.6) is 17.2 Å². The topological polar surface area (TPSA) is 36.9 Å². The molecule has 2 aromatic rings. The third-order valence-electron chi connectivity index (χ3n) is 3.09. The molecule has 0 radical (unpaired) electrons. The van der Waals surface area contributed by atoms with Crippen LogP contribution < -0.4 is 14.2 Å². The number of para-hydroxylation sites is 1. The first-order chi connectivity index (χ1) is 10.3. The van der Waals surface area contributed by atoms with E-state index in [-0.39, 0.29) is 0 Å². The summed E-state index contributed by atoms with van der Waals surface area (Å²) in [5, 5.41) is 0. The summed E-state index contributed by atoms with van der Waals surface area (Å²) in [5.74, 6) is 2.20. The van der Waals surface area contributed by atoms with Gasteiger partial charge in [-0.05, 0) is 23.8 Å². The Morgan fingerprint density at radius 3 is 2.38 bits per heavy atom. The van der Waals surface area contributed by atoms with Crippen LogP contribution >= 0.6 is 0 Å². The molecule has 0 amide bonds. The van der Waals surface area contributed by atoms with E-state index >= 15 is 0 Å². The largest absolute Gasteiger partial charge is 0.493 e. The standard InChI is InChI=1S/C17H20O4/c1-18-11-13-6-4-8-15(10-13)21-12-14-7-5-9-16(19-2)17(14)20-3/h4-10H,11-12H2,1-3H3. The Balaban J connectivity index is 2.11. The van der Waals surface area contributed by atoms with Crippen molar-refractivity contribution < 1.29 is 18.9 Å². The van der Waals surface area contributed by atoms with E-state index in [9.17, 15) is 0 Å². The fourth-order valence-corrected chi connectivity index (χ4v) is 2.12. The summed E-state index contributed by atoms with van der Waals surface area (Å²) in [5.41, 5.74) is 2.02. The van der Waals surface area contributed by atoms with Crippen LogP contribution in [0, 0.1) is 0 Å². The summed E-state index contributed by atoms with van der Waals surface area (Å²) in [6.07, 6.45) is 0. The second kappa shape index (κ2) is 7.55. The highest BCUT2D eigenvalue weighted by atomic mass is 16.5. The van der Waals surface area contributed by atoms with E-state index < -0.39 is 0 Å². The summed E-state index contributed by atoms with van der Waals surface area (Å²) < 4.78 is 21.6. The first-order valence-corrected chi connectivity index (χ1v) is 6.69. The lowest BCUT2D eigenvalue weighted by atomic mass is 10.2. The van der Waals surface area contributed by atoms with Gasteiger partial charge in [-0.25, -0.2) is 0 Å². The molecule has 112 valence electrons. The van der Waals surface area contributed by atoms with Gasteiger partial charge in [0.15, 0.2) is 11.5 Å². The fraction of sp³-hybridized carbons (Fsp3) is 0.294. The first-order valence-electron chi connectivity index (χ1n) is 6.69. The van der Waals surface area contributed by atoms with Crippen molar-refractivity contribution in [3.05, 3.63) is 53.6 Å². The zero-order chi connectivity index (χ0) is 15.1. The smallest absolute Gasteiger partial charge is 0.167 e. The van der Waals surface area contributed by atoms with Crippen molar-refractivity contribution in [3.8, 4) is 17.2 Å². The summed E-state index contributed by atoms with van der Waals surface area (Å²) in [4.78, 5) is 0. The Labute approximate surface area is 125 Å². The monoisotopic (exact) mass is 288 g/mol. The van der Waals surface area contributed by atoms with Gasteiger partial charge in [0, 0.05) is 12.7 Å². The van der Waals surface area contributed by atoms with Crippen LogP contribution in [0.2, 0.25) is 0 Å². The highest BCUT2D eigenvalue weighted by molar-refractivity contribution is 5.46. The van der Waals surface area contributed by atoms with Gasteiger partial charge in [-0.1, -0.05) is 24.3 Å². The number of ether oxygens (including phenoxy) is 4. The van der Waals surface area contributed by atoms with Crippen molar-refractivity contribution in [1.29, 1.82) is 0 Å². The third-order valence-corrected chi connectivity index (χ3v) is 3.09. The average molecular weight is 288 g/mol. The number of hydrogen-bond acceptors (Lipinski definition) is 4. The van der Waals surface area contributed by atoms with Crippen LogP contribution in [-0.4, -0.2) is 21.3 Å². The zero-order valence-electron chi connectivity index (χ0n) is 12.6. The lowest BCUT2D eigenvalue weighted by Gasteiger charge is -2.13. The van der Waals surface area contributed by atoms with Gasteiger partial charge in [0.1, 0.15) is 12.4 Å². The van der Waals surface area contributed by atoms with Crippen molar-refractivity contribution in [3.63, 3.8) is 0 Å². The van der Waals surface area contributed by atoms with Gasteiger partial charge >= 0.3 is 0 Å². The molecule has 2 aromatic carbocycles. The van der Waals surface area contributed by atoms with Gasteiger partial charge in [-0.15, -0.1) is 0 Å². The normalized spacial score (nSPS) is 10.2. The molecule has 0 aliphatic rings. The number of rotatable bonds is 7. The summed E-state index contributed by atoms with van der Waals surface area (Å²) in [6.45, 7) is 0.983. The zero-order valence-corrected chi connectivity index (χ0v) is 12.6. The van der Waals surface area contributed by atoms with Crippen molar-refractivity contribution in [2.75, 3.05) is 21.3 Å². The lowest BCUT2D eigenvalue weighted by molar-refractivity contribution is 0.184. The molecule has 0 unspecified atom stereocenters. The molecule has 0 aliphatic carbocycles. The maximum Gasteiger partial charge on any atom is 0.167 e. The van der Waals surface area contributed by atoms with E-state index in [1.54, 1.807) is 21.3 Å². The van der Waals surface area contributed by atoms with Gasteiger partial charge in [0.05, 0.1) is 20.8 Å². The summed E-state index contributed by atoms with van der Waals surface area (Å²) >= 11 is 0. The molecule has 21 heavy (non-hydrogen) atoms. The van der Waals surface area contributed by atoms with Gasteiger partial charge < -0.3 is 18.9 Å². The van der Waals surface area contributed by atoms with Gasteiger partial charge in [-0.3, -0.25) is 0 Å². The highest BCUT2D eigenvalue weighted by Gasteiger charge is 2.10. The van der Waals surface area contributed by atoms with Gasteiger partial charge in [0.2, 0.25) is 0 Å². The molecule has 0 saturated carbocycles. The third kappa shape index (κ3) is 3.89. The van der Waals surface area contributed by atoms with Crippen LogP contribution in [0.3, 0.4) is 0 Å². The van der Waals surface area contributed by atoms with E-state index in [0.717, 1.165) is 16.9 Å². The predicted octanol–water partition coefficient (Wildman–Crippen LogP) is 3.43. The van der Waals surface area contributed by atoms with Crippen LogP contribution in [-0.2, 0) is 18.0 Å². The van der Waals surface area contributed by atoms with E-state index in [1.807, 2.05) is 42.5 Å². The van der Waals surface area contributed by atoms with E-state index in [4.69, 9.17) is 18.9 Å². The molecule has 2 rings (SSSR count). The fourth-order valence-electron chi connectivity index (χ4n) is 2.12. The summed E-state index contributed by atoms with van der Waals surface area (Å²) in [7, 11) is 4.92. The van der Waals surface area contributed by atoms with Gasteiger partial charge in [0.25, 0.3) is 0 Å². The van der Waals surface area contributed by atoms with Crippen LogP contribution in [0.15, 0.2) is 42.5 Å². The molecule has 0 heterocycles. The lowest BCUT2D eigenvalue weighted by Crippen LogP contribution is -2.01. The molecule has 0 spiro atoms. The van der Waals surface area contributed by atoms with E-state index in [0.29, 0.717) is 24.7 Å². The Kier molecular flexibility index (Phi) is 5.46. The molecular weight excluding hydrogens is 268 g/mol. The first kappa shape index (κ1) is 15.2. The maximum atomic E-state index is 5.83.